The van der Waals surface area contributed by atoms with Crippen LogP contribution in [-0.2, 0) is 13.0 Å². The summed E-state index contributed by atoms with van der Waals surface area (Å²) in [5, 5.41) is 8.81. The Balaban J connectivity index is 1.76. The molecule has 17 heavy (non-hydrogen) atoms. The van der Waals surface area contributed by atoms with Gasteiger partial charge < -0.3 is 4.57 Å². The van der Waals surface area contributed by atoms with E-state index in [2.05, 4.69) is 35.3 Å². The highest BCUT2D eigenvalue weighted by molar-refractivity contribution is 5.14. The molecule has 2 aromatic rings. The lowest BCUT2D eigenvalue weighted by Gasteiger charge is -2.03. The highest BCUT2D eigenvalue weighted by atomic mass is 15.1. The molecule has 1 aromatic carbocycles. The lowest BCUT2D eigenvalue weighted by molar-refractivity contribution is 0.604. The fraction of sp³-hybridized carbons (Fsp3) is 0.286. The van der Waals surface area contributed by atoms with Crippen LogP contribution in [0.25, 0.3) is 0 Å². The number of aromatic nitrogens is 2. The van der Waals surface area contributed by atoms with Gasteiger partial charge in [-0.05, 0) is 24.8 Å². The number of rotatable bonds is 5. The Morgan fingerprint density at radius 1 is 1.18 bits per heavy atom. The van der Waals surface area contributed by atoms with Gasteiger partial charge in [-0.25, -0.2) is 4.98 Å². The number of nitrogens with zero attached hydrogens (tertiary/aromatic N) is 3. The Hall–Kier alpha value is -2.08. The molecule has 3 heteroatoms. The first-order valence-electron chi connectivity index (χ1n) is 5.85. The zero-order valence-electron chi connectivity index (χ0n) is 9.71. The van der Waals surface area contributed by atoms with E-state index in [-0.39, 0.29) is 0 Å². The lowest BCUT2D eigenvalue weighted by Crippen LogP contribution is -2.00. The largest absolute Gasteiger partial charge is 0.323 e. The van der Waals surface area contributed by atoms with Crippen LogP contribution < -0.4 is 0 Å². The van der Waals surface area contributed by atoms with Gasteiger partial charge in [0.2, 0.25) is 5.82 Å². The Morgan fingerprint density at radius 3 is 2.76 bits per heavy atom. The van der Waals surface area contributed by atoms with Crippen molar-refractivity contribution >= 4 is 0 Å². The summed E-state index contributed by atoms with van der Waals surface area (Å²) >= 11 is 0. The SMILES string of the molecule is N#Cc1nccn1CCCCc1ccccc1. The van der Waals surface area contributed by atoms with E-state index in [0.717, 1.165) is 25.8 Å². The van der Waals surface area contributed by atoms with E-state index >= 15 is 0 Å². The quantitative estimate of drug-likeness (QED) is 0.734. The predicted octanol–water partition coefficient (Wildman–Crippen LogP) is 2.78. The Bertz CT molecular complexity index is 494. The molecule has 1 aromatic heterocycles. The second-order valence-electron chi connectivity index (χ2n) is 4.00. The van der Waals surface area contributed by atoms with Crippen LogP contribution in [0.3, 0.4) is 0 Å². The van der Waals surface area contributed by atoms with Crippen LogP contribution in [0.5, 0.6) is 0 Å². The average molecular weight is 225 g/mol. The van der Waals surface area contributed by atoms with Crippen molar-refractivity contribution in [1.82, 2.24) is 9.55 Å². The van der Waals surface area contributed by atoms with Crippen molar-refractivity contribution in [3.63, 3.8) is 0 Å². The molecule has 1 heterocycles. The maximum Gasteiger partial charge on any atom is 0.212 e. The van der Waals surface area contributed by atoms with E-state index < -0.39 is 0 Å². The van der Waals surface area contributed by atoms with E-state index in [4.69, 9.17) is 5.26 Å². The maximum absolute atomic E-state index is 8.81. The van der Waals surface area contributed by atoms with E-state index in [1.165, 1.54) is 5.56 Å². The molecular weight excluding hydrogens is 210 g/mol. The van der Waals surface area contributed by atoms with Crippen molar-refractivity contribution in [2.45, 2.75) is 25.8 Å². The summed E-state index contributed by atoms with van der Waals surface area (Å²) in [5.41, 5.74) is 1.37. The summed E-state index contributed by atoms with van der Waals surface area (Å²) in [4.78, 5) is 3.97. The average Bonchev–Trinajstić information content (AvgIpc) is 2.83. The van der Waals surface area contributed by atoms with Crippen molar-refractivity contribution in [3.05, 3.63) is 54.1 Å². The standard InChI is InChI=1S/C14H15N3/c15-12-14-16-9-11-17(14)10-5-4-8-13-6-2-1-3-7-13/h1-3,6-7,9,11H,4-5,8,10H2. The van der Waals surface area contributed by atoms with Gasteiger partial charge in [-0.1, -0.05) is 30.3 Å². The molecular formula is C14H15N3. The minimum Gasteiger partial charge on any atom is -0.323 e. The molecule has 0 aliphatic heterocycles. The number of hydrogen-bond donors (Lipinski definition) is 0. The Kier molecular flexibility index (Phi) is 3.93. The highest BCUT2D eigenvalue weighted by Crippen LogP contribution is 2.06. The van der Waals surface area contributed by atoms with Crippen molar-refractivity contribution in [3.8, 4) is 6.07 Å². The number of benzene rings is 1. The van der Waals surface area contributed by atoms with Gasteiger partial charge in [0.15, 0.2) is 0 Å². The molecule has 2 rings (SSSR count). The first-order valence-corrected chi connectivity index (χ1v) is 5.85. The maximum atomic E-state index is 8.81. The molecule has 3 nitrogen and oxygen atoms in total. The van der Waals surface area contributed by atoms with Crippen LogP contribution in [0.4, 0.5) is 0 Å². The smallest absolute Gasteiger partial charge is 0.212 e. The summed E-state index contributed by atoms with van der Waals surface area (Å²) in [5.74, 6) is 0.504. The van der Waals surface area contributed by atoms with Gasteiger partial charge in [0.1, 0.15) is 6.07 Å². The Morgan fingerprint density at radius 2 is 2.00 bits per heavy atom. The monoisotopic (exact) mass is 225 g/mol. The normalized spacial score (nSPS) is 10.1. The van der Waals surface area contributed by atoms with Crippen molar-refractivity contribution < 1.29 is 0 Å². The minimum absolute atomic E-state index is 0.504. The van der Waals surface area contributed by atoms with E-state index in [1.807, 2.05) is 16.8 Å². The van der Waals surface area contributed by atoms with Crippen molar-refractivity contribution in [1.29, 1.82) is 5.26 Å². The van der Waals surface area contributed by atoms with Crippen LogP contribution >= 0.6 is 0 Å². The van der Waals surface area contributed by atoms with Crippen LogP contribution in [0.1, 0.15) is 24.2 Å². The van der Waals surface area contributed by atoms with Gasteiger partial charge in [-0.15, -0.1) is 0 Å². The molecule has 0 aliphatic rings. The zero-order chi connectivity index (χ0) is 11.9. The first-order chi connectivity index (χ1) is 8.40. The third-order valence-corrected chi connectivity index (χ3v) is 2.77. The summed E-state index contributed by atoms with van der Waals surface area (Å²) in [6, 6.07) is 12.6. The summed E-state index contributed by atoms with van der Waals surface area (Å²) < 4.78 is 1.91. The summed E-state index contributed by atoms with van der Waals surface area (Å²) in [7, 11) is 0. The fourth-order valence-corrected chi connectivity index (χ4v) is 1.86. The van der Waals surface area contributed by atoms with Gasteiger partial charge in [-0.2, -0.15) is 5.26 Å². The Labute approximate surface area is 101 Å². The fourth-order valence-electron chi connectivity index (χ4n) is 1.86. The third-order valence-electron chi connectivity index (χ3n) is 2.77. The van der Waals surface area contributed by atoms with E-state index in [0.29, 0.717) is 5.82 Å². The van der Waals surface area contributed by atoms with Gasteiger partial charge in [-0.3, -0.25) is 0 Å². The first kappa shape index (κ1) is 11.4. The summed E-state index contributed by atoms with van der Waals surface area (Å²) in [6.07, 6.45) is 6.83. The number of hydrogen-bond acceptors (Lipinski definition) is 2. The highest BCUT2D eigenvalue weighted by Gasteiger charge is 2.00. The van der Waals surface area contributed by atoms with E-state index in [1.54, 1.807) is 6.20 Å². The molecule has 0 spiro atoms. The number of unbranched alkanes of at least 4 members (excludes halogenated alkanes) is 1. The summed E-state index contributed by atoms with van der Waals surface area (Å²) in [6.45, 7) is 0.871. The topological polar surface area (TPSA) is 41.6 Å². The van der Waals surface area contributed by atoms with Crippen LogP contribution in [0.2, 0.25) is 0 Å². The number of nitriles is 1. The lowest BCUT2D eigenvalue weighted by atomic mass is 10.1. The molecule has 0 aliphatic carbocycles. The third kappa shape index (κ3) is 3.18. The molecule has 0 unspecified atom stereocenters. The van der Waals surface area contributed by atoms with Gasteiger partial charge in [0.25, 0.3) is 0 Å². The van der Waals surface area contributed by atoms with Crippen LogP contribution in [0, 0.1) is 11.3 Å². The van der Waals surface area contributed by atoms with Gasteiger partial charge >= 0.3 is 0 Å². The number of imidazole rings is 1. The second-order valence-corrected chi connectivity index (χ2v) is 4.00. The molecule has 0 N–H and O–H groups in total. The molecule has 0 saturated heterocycles. The van der Waals surface area contributed by atoms with E-state index in [9.17, 15) is 0 Å². The molecule has 0 amide bonds. The van der Waals surface area contributed by atoms with Crippen molar-refractivity contribution in [2.24, 2.45) is 0 Å². The number of aryl methyl sites for hydroxylation is 2. The molecule has 86 valence electrons. The molecule has 0 radical (unpaired) electrons. The second kappa shape index (κ2) is 5.86. The zero-order valence-corrected chi connectivity index (χ0v) is 9.71. The van der Waals surface area contributed by atoms with Crippen LogP contribution in [-0.4, -0.2) is 9.55 Å². The van der Waals surface area contributed by atoms with Crippen molar-refractivity contribution in [2.75, 3.05) is 0 Å². The minimum atomic E-state index is 0.504. The molecule has 0 atom stereocenters. The van der Waals surface area contributed by atoms with Gasteiger partial charge in [0, 0.05) is 18.9 Å². The van der Waals surface area contributed by atoms with Gasteiger partial charge in [0.05, 0.1) is 0 Å². The predicted molar refractivity (Wildman–Crippen MR) is 66.3 cm³/mol. The molecule has 0 saturated carbocycles. The van der Waals surface area contributed by atoms with Crippen LogP contribution in [0.15, 0.2) is 42.7 Å². The molecule has 0 fully saturated rings. The molecule has 0 bridgehead atoms.